The summed E-state index contributed by atoms with van der Waals surface area (Å²) < 4.78 is 13.4. The van der Waals surface area contributed by atoms with Crippen molar-refractivity contribution in [2.45, 2.75) is 32.9 Å². The number of hydrogen-bond acceptors (Lipinski definition) is 3. The van der Waals surface area contributed by atoms with Gasteiger partial charge in [-0.15, -0.1) is 0 Å². The van der Waals surface area contributed by atoms with Gasteiger partial charge < -0.3 is 15.1 Å². The fraction of sp³-hybridized carbons (Fsp3) is 0.429. The molecular weight excluding hydrogens is 341 g/mol. The van der Waals surface area contributed by atoms with E-state index in [9.17, 15) is 4.39 Å². The van der Waals surface area contributed by atoms with Gasteiger partial charge in [-0.05, 0) is 55.2 Å². The van der Waals surface area contributed by atoms with Crippen molar-refractivity contribution in [2.24, 2.45) is 4.99 Å². The second kappa shape index (κ2) is 9.35. The molecule has 27 heavy (non-hydrogen) atoms. The number of nitrogens with zero attached hydrogens (tertiary/aromatic N) is 4. The number of aliphatic imine (C=N–C) groups is 1. The van der Waals surface area contributed by atoms with Crippen molar-refractivity contribution in [3.05, 3.63) is 59.5 Å². The molecule has 2 heterocycles. The van der Waals surface area contributed by atoms with Crippen LogP contribution in [0.5, 0.6) is 0 Å². The molecule has 5 nitrogen and oxygen atoms in total. The Bertz CT molecular complexity index is 771. The van der Waals surface area contributed by atoms with E-state index in [2.05, 4.69) is 21.3 Å². The zero-order valence-corrected chi connectivity index (χ0v) is 16.2. The van der Waals surface area contributed by atoms with E-state index in [4.69, 9.17) is 4.99 Å². The van der Waals surface area contributed by atoms with Crippen LogP contribution in [0.15, 0.2) is 47.6 Å². The third kappa shape index (κ3) is 5.42. The van der Waals surface area contributed by atoms with Crippen molar-refractivity contribution in [3.8, 4) is 0 Å². The quantitative estimate of drug-likeness (QED) is 0.626. The Morgan fingerprint density at radius 2 is 2.04 bits per heavy atom. The number of aromatic nitrogens is 1. The van der Waals surface area contributed by atoms with Crippen LogP contribution in [0.1, 0.15) is 30.9 Å². The molecule has 144 valence electrons. The summed E-state index contributed by atoms with van der Waals surface area (Å²) in [6.07, 6.45) is 4.33. The van der Waals surface area contributed by atoms with E-state index in [1.807, 2.05) is 37.2 Å². The average molecular weight is 369 g/mol. The van der Waals surface area contributed by atoms with Gasteiger partial charge in [-0.1, -0.05) is 12.1 Å². The summed E-state index contributed by atoms with van der Waals surface area (Å²) in [5.74, 6) is 1.63. The van der Waals surface area contributed by atoms with Crippen LogP contribution in [0.2, 0.25) is 0 Å². The Morgan fingerprint density at radius 3 is 2.78 bits per heavy atom. The molecule has 1 aliphatic heterocycles. The van der Waals surface area contributed by atoms with Gasteiger partial charge >= 0.3 is 0 Å². The van der Waals surface area contributed by atoms with Crippen LogP contribution in [0.3, 0.4) is 0 Å². The summed E-state index contributed by atoms with van der Waals surface area (Å²) in [7, 11) is 1.97. The molecule has 0 radical (unpaired) electrons. The Hall–Kier alpha value is -2.63. The number of nitrogens with one attached hydrogen (secondary N) is 1. The predicted octanol–water partition coefficient (Wildman–Crippen LogP) is 3.42. The van der Waals surface area contributed by atoms with Crippen molar-refractivity contribution < 1.29 is 4.39 Å². The summed E-state index contributed by atoms with van der Waals surface area (Å²) in [6, 6.07) is 10.8. The van der Waals surface area contributed by atoms with Gasteiger partial charge in [0.05, 0.1) is 6.54 Å². The van der Waals surface area contributed by atoms with Gasteiger partial charge in [0.15, 0.2) is 5.96 Å². The highest BCUT2D eigenvalue weighted by molar-refractivity contribution is 5.79. The van der Waals surface area contributed by atoms with E-state index < -0.39 is 0 Å². The molecule has 1 N–H and O–H groups in total. The molecule has 1 aromatic carbocycles. The van der Waals surface area contributed by atoms with Gasteiger partial charge in [-0.2, -0.15) is 0 Å². The lowest BCUT2D eigenvalue weighted by Crippen LogP contribution is -2.38. The van der Waals surface area contributed by atoms with Gasteiger partial charge in [0, 0.05) is 39.4 Å². The highest BCUT2D eigenvalue weighted by Gasteiger charge is 2.13. The molecule has 1 aromatic heterocycles. The smallest absolute Gasteiger partial charge is 0.194 e. The van der Waals surface area contributed by atoms with Crippen LogP contribution < -0.4 is 10.2 Å². The summed E-state index contributed by atoms with van der Waals surface area (Å²) in [5, 5.41) is 3.31. The second-order valence-corrected chi connectivity index (χ2v) is 6.87. The van der Waals surface area contributed by atoms with Crippen LogP contribution >= 0.6 is 0 Å². The van der Waals surface area contributed by atoms with Gasteiger partial charge in [-0.25, -0.2) is 14.4 Å². The molecule has 0 spiro atoms. The second-order valence-electron chi connectivity index (χ2n) is 6.87. The lowest BCUT2D eigenvalue weighted by Gasteiger charge is -2.22. The molecule has 0 saturated carbocycles. The van der Waals surface area contributed by atoms with Crippen molar-refractivity contribution in [1.29, 1.82) is 0 Å². The molecule has 0 unspecified atom stereocenters. The molecule has 1 fully saturated rings. The van der Waals surface area contributed by atoms with Gasteiger partial charge in [0.2, 0.25) is 0 Å². The first-order valence-corrected chi connectivity index (χ1v) is 9.59. The molecular formula is C21H28FN5. The summed E-state index contributed by atoms with van der Waals surface area (Å²) >= 11 is 0. The summed E-state index contributed by atoms with van der Waals surface area (Å²) in [4.78, 5) is 13.6. The van der Waals surface area contributed by atoms with E-state index in [0.29, 0.717) is 13.1 Å². The molecule has 0 atom stereocenters. The fourth-order valence-corrected chi connectivity index (χ4v) is 3.30. The Labute approximate surface area is 160 Å². The minimum Gasteiger partial charge on any atom is -0.357 e. The number of guanidine groups is 1. The zero-order valence-electron chi connectivity index (χ0n) is 16.2. The molecule has 3 rings (SSSR count). The van der Waals surface area contributed by atoms with E-state index in [1.54, 1.807) is 12.1 Å². The van der Waals surface area contributed by atoms with Crippen molar-refractivity contribution in [2.75, 3.05) is 31.6 Å². The number of pyridine rings is 1. The third-order valence-electron chi connectivity index (χ3n) is 4.66. The van der Waals surface area contributed by atoms with Crippen LogP contribution in [0.4, 0.5) is 10.2 Å². The maximum absolute atomic E-state index is 13.4. The maximum atomic E-state index is 13.4. The van der Waals surface area contributed by atoms with Crippen molar-refractivity contribution >= 4 is 11.8 Å². The largest absolute Gasteiger partial charge is 0.357 e. The number of benzene rings is 1. The van der Waals surface area contributed by atoms with Crippen LogP contribution in [-0.2, 0) is 13.1 Å². The monoisotopic (exact) mass is 369 g/mol. The van der Waals surface area contributed by atoms with E-state index in [-0.39, 0.29) is 5.82 Å². The molecule has 0 aliphatic carbocycles. The van der Waals surface area contributed by atoms with Crippen molar-refractivity contribution in [3.63, 3.8) is 0 Å². The van der Waals surface area contributed by atoms with Crippen LogP contribution in [-0.4, -0.2) is 42.5 Å². The lowest BCUT2D eigenvalue weighted by atomic mass is 10.2. The molecule has 6 heteroatoms. The summed E-state index contributed by atoms with van der Waals surface area (Å²) in [5.41, 5.74) is 2.06. The normalized spacial score (nSPS) is 14.5. The van der Waals surface area contributed by atoms with E-state index >= 15 is 0 Å². The van der Waals surface area contributed by atoms with E-state index in [1.165, 1.54) is 18.9 Å². The maximum Gasteiger partial charge on any atom is 0.194 e. The first-order chi connectivity index (χ1) is 13.2. The summed E-state index contributed by atoms with van der Waals surface area (Å²) in [6.45, 7) is 6.17. The Balaban J connectivity index is 1.68. The van der Waals surface area contributed by atoms with Gasteiger partial charge in [0.25, 0.3) is 0 Å². The number of halogens is 1. The third-order valence-corrected chi connectivity index (χ3v) is 4.66. The Kier molecular flexibility index (Phi) is 6.63. The molecule has 0 amide bonds. The molecule has 2 aromatic rings. The van der Waals surface area contributed by atoms with Gasteiger partial charge in [-0.3, -0.25) is 0 Å². The average Bonchev–Trinajstić information content (AvgIpc) is 3.20. The minimum atomic E-state index is -0.214. The minimum absolute atomic E-state index is 0.214. The van der Waals surface area contributed by atoms with E-state index in [0.717, 1.165) is 42.5 Å². The first-order valence-electron chi connectivity index (χ1n) is 9.59. The predicted molar refractivity (Wildman–Crippen MR) is 108 cm³/mol. The molecule has 1 aliphatic rings. The number of rotatable bonds is 6. The van der Waals surface area contributed by atoms with Crippen LogP contribution in [0.25, 0.3) is 0 Å². The molecule has 0 bridgehead atoms. The standard InChI is InChI=1S/C21H28FN5/c1-3-23-21(26(2)16-18-7-6-8-19(22)13-18)25-15-17-9-10-24-20(14-17)27-11-4-5-12-27/h6-10,13-14H,3-5,11-12,15-16H2,1-2H3,(H,23,25). The SMILES string of the molecule is CCNC(=NCc1ccnc(N2CCCC2)c1)N(C)Cc1cccc(F)c1. The highest BCUT2D eigenvalue weighted by Crippen LogP contribution is 2.19. The lowest BCUT2D eigenvalue weighted by molar-refractivity contribution is 0.474. The van der Waals surface area contributed by atoms with Crippen LogP contribution in [0, 0.1) is 5.82 Å². The number of hydrogen-bond donors (Lipinski definition) is 1. The Morgan fingerprint density at radius 1 is 1.22 bits per heavy atom. The first kappa shape index (κ1) is 19.1. The molecule has 1 saturated heterocycles. The topological polar surface area (TPSA) is 43.8 Å². The fourth-order valence-electron chi connectivity index (χ4n) is 3.30. The highest BCUT2D eigenvalue weighted by atomic mass is 19.1. The van der Waals surface area contributed by atoms with Gasteiger partial charge in [0.1, 0.15) is 11.6 Å². The zero-order chi connectivity index (χ0) is 19.1. The number of anilines is 1. The van der Waals surface area contributed by atoms with Crippen molar-refractivity contribution in [1.82, 2.24) is 15.2 Å².